The molecule has 21 heavy (non-hydrogen) atoms. The summed E-state index contributed by atoms with van der Waals surface area (Å²) in [6.07, 6.45) is 0. The van der Waals surface area contributed by atoms with Crippen LogP contribution >= 0.6 is 11.3 Å². The van der Waals surface area contributed by atoms with Gasteiger partial charge in [0.25, 0.3) is 10.0 Å². The molecule has 2 N–H and O–H groups in total. The third-order valence-corrected chi connectivity index (χ3v) is 5.71. The summed E-state index contributed by atoms with van der Waals surface area (Å²) in [6.45, 7) is 0.0663. The number of aromatic amines is 1. The Labute approximate surface area is 125 Å². The summed E-state index contributed by atoms with van der Waals surface area (Å²) in [4.78, 5) is 7.71. The number of imidazole rings is 1. The van der Waals surface area contributed by atoms with Gasteiger partial charge >= 0.3 is 0 Å². The lowest BCUT2D eigenvalue weighted by atomic mass is 10.3. The molecule has 106 valence electrons. The Morgan fingerprint density at radius 3 is 2.81 bits per heavy atom. The van der Waals surface area contributed by atoms with E-state index in [1.807, 2.05) is 30.3 Å². The monoisotopic (exact) mass is 318 g/mol. The van der Waals surface area contributed by atoms with Crippen molar-refractivity contribution in [3.05, 3.63) is 47.1 Å². The number of thiophene rings is 1. The van der Waals surface area contributed by atoms with Gasteiger partial charge in [0, 0.05) is 0 Å². The van der Waals surface area contributed by atoms with Crippen LogP contribution in [0.4, 0.5) is 0 Å². The number of fused-ring (bicyclic) bond motifs is 1. The molecule has 3 aromatic rings. The zero-order chi connectivity index (χ0) is 14.9. The summed E-state index contributed by atoms with van der Waals surface area (Å²) in [6, 6.07) is 12.3. The number of aromatic nitrogens is 2. The summed E-state index contributed by atoms with van der Waals surface area (Å²) < 4.78 is 26.8. The molecule has 0 saturated heterocycles. The largest absolute Gasteiger partial charge is 0.341 e. The first-order valence-electron chi connectivity index (χ1n) is 6.02. The number of para-hydroxylation sites is 2. The first-order chi connectivity index (χ1) is 10.1. The third-order valence-electron chi connectivity index (χ3n) is 2.82. The summed E-state index contributed by atoms with van der Waals surface area (Å²) >= 11 is 0.938. The minimum atomic E-state index is -3.63. The standard InChI is InChI=1S/C13H10N4O2S2/c14-7-9-5-6-13(20-9)21(18,19)15-8-12-16-10-3-1-2-4-11(10)17-12/h1-6,15H,8H2,(H,16,17). The van der Waals surface area contributed by atoms with Crippen molar-refractivity contribution < 1.29 is 8.42 Å². The Morgan fingerprint density at radius 2 is 2.10 bits per heavy atom. The molecule has 2 aromatic heterocycles. The maximum atomic E-state index is 12.1. The van der Waals surface area contributed by atoms with Gasteiger partial charge in [-0.1, -0.05) is 12.1 Å². The fourth-order valence-electron chi connectivity index (χ4n) is 1.85. The highest BCUT2D eigenvalue weighted by molar-refractivity contribution is 7.91. The van der Waals surface area contributed by atoms with Crippen molar-refractivity contribution in [3.63, 3.8) is 0 Å². The number of sulfonamides is 1. The molecule has 0 aliphatic heterocycles. The van der Waals surface area contributed by atoms with Crippen molar-refractivity contribution in [1.82, 2.24) is 14.7 Å². The van der Waals surface area contributed by atoms with Gasteiger partial charge in [-0.2, -0.15) is 5.26 Å². The molecular formula is C13H10N4O2S2. The van der Waals surface area contributed by atoms with Crippen LogP contribution in [-0.4, -0.2) is 18.4 Å². The van der Waals surface area contributed by atoms with Gasteiger partial charge in [-0.05, 0) is 24.3 Å². The van der Waals surface area contributed by atoms with E-state index in [0.29, 0.717) is 10.7 Å². The zero-order valence-electron chi connectivity index (χ0n) is 10.7. The Kier molecular flexibility index (Phi) is 3.47. The smallest absolute Gasteiger partial charge is 0.250 e. The highest BCUT2D eigenvalue weighted by Gasteiger charge is 2.17. The van der Waals surface area contributed by atoms with E-state index in [2.05, 4.69) is 14.7 Å². The fourth-order valence-corrected chi connectivity index (χ4v) is 3.98. The van der Waals surface area contributed by atoms with E-state index in [9.17, 15) is 8.42 Å². The second-order valence-electron chi connectivity index (χ2n) is 4.26. The maximum absolute atomic E-state index is 12.1. The second-order valence-corrected chi connectivity index (χ2v) is 7.33. The van der Waals surface area contributed by atoms with Gasteiger partial charge < -0.3 is 4.98 Å². The number of benzene rings is 1. The third kappa shape index (κ3) is 2.80. The van der Waals surface area contributed by atoms with Gasteiger partial charge in [0.15, 0.2) is 0 Å². The maximum Gasteiger partial charge on any atom is 0.250 e. The lowest BCUT2D eigenvalue weighted by Gasteiger charge is -2.01. The Bertz CT molecular complexity index is 901. The fraction of sp³-hybridized carbons (Fsp3) is 0.0769. The van der Waals surface area contributed by atoms with Crippen molar-refractivity contribution >= 4 is 32.4 Å². The lowest BCUT2D eigenvalue weighted by Crippen LogP contribution is -2.22. The van der Waals surface area contributed by atoms with Crippen LogP contribution in [-0.2, 0) is 16.6 Å². The Balaban J connectivity index is 1.78. The summed E-state index contributed by atoms with van der Waals surface area (Å²) in [7, 11) is -3.63. The molecule has 8 heteroatoms. The van der Waals surface area contributed by atoms with E-state index in [-0.39, 0.29) is 10.8 Å². The predicted molar refractivity (Wildman–Crippen MR) is 79.2 cm³/mol. The van der Waals surface area contributed by atoms with E-state index < -0.39 is 10.0 Å². The SMILES string of the molecule is N#Cc1ccc(S(=O)(=O)NCc2nc3ccccc3[nH]2)s1. The molecule has 0 fully saturated rings. The number of hydrogen-bond acceptors (Lipinski definition) is 5. The van der Waals surface area contributed by atoms with E-state index in [1.165, 1.54) is 12.1 Å². The summed E-state index contributed by atoms with van der Waals surface area (Å²) in [5.41, 5.74) is 1.64. The van der Waals surface area contributed by atoms with Crippen LogP contribution in [0.2, 0.25) is 0 Å². The molecule has 0 bridgehead atoms. The van der Waals surface area contributed by atoms with Crippen molar-refractivity contribution in [1.29, 1.82) is 5.26 Å². The van der Waals surface area contributed by atoms with Crippen LogP contribution in [0.1, 0.15) is 10.7 Å². The first-order valence-corrected chi connectivity index (χ1v) is 8.32. The molecule has 0 atom stereocenters. The molecule has 0 unspecified atom stereocenters. The quantitative estimate of drug-likeness (QED) is 0.768. The minimum absolute atomic E-state index is 0.0663. The lowest BCUT2D eigenvalue weighted by molar-refractivity contribution is 0.582. The Morgan fingerprint density at radius 1 is 1.29 bits per heavy atom. The van der Waals surface area contributed by atoms with Crippen molar-refractivity contribution in [2.45, 2.75) is 10.8 Å². The van der Waals surface area contributed by atoms with Crippen LogP contribution in [0.15, 0.2) is 40.6 Å². The van der Waals surface area contributed by atoms with Gasteiger partial charge in [0.2, 0.25) is 0 Å². The average Bonchev–Trinajstić information content (AvgIpc) is 3.11. The van der Waals surface area contributed by atoms with Crippen molar-refractivity contribution in [2.24, 2.45) is 0 Å². The first kappa shape index (κ1) is 13.8. The van der Waals surface area contributed by atoms with E-state index in [0.717, 1.165) is 22.4 Å². The molecule has 0 aliphatic carbocycles. The van der Waals surface area contributed by atoms with Gasteiger partial charge in [-0.25, -0.2) is 18.1 Å². The van der Waals surface area contributed by atoms with Crippen molar-refractivity contribution in [2.75, 3.05) is 0 Å². The van der Waals surface area contributed by atoms with Gasteiger partial charge in [-0.3, -0.25) is 0 Å². The number of hydrogen-bond donors (Lipinski definition) is 2. The van der Waals surface area contributed by atoms with E-state index >= 15 is 0 Å². The van der Waals surface area contributed by atoms with Gasteiger partial charge in [-0.15, -0.1) is 11.3 Å². The van der Waals surface area contributed by atoms with E-state index in [4.69, 9.17) is 5.26 Å². The molecule has 0 aliphatic rings. The summed E-state index contributed by atoms with van der Waals surface area (Å²) in [5, 5.41) is 8.74. The number of nitriles is 1. The highest BCUT2D eigenvalue weighted by atomic mass is 32.2. The molecule has 6 nitrogen and oxygen atoms in total. The Hall–Kier alpha value is -2.21. The molecule has 0 spiro atoms. The second kappa shape index (κ2) is 5.29. The average molecular weight is 318 g/mol. The number of nitrogens with zero attached hydrogens (tertiary/aromatic N) is 2. The van der Waals surface area contributed by atoms with Gasteiger partial charge in [0.1, 0.15) is 21.0 Å². The number of nitrogens with one attached hydrogen (secondary N) is 2. The topological polar surface area (TPSA) is 98.6 Å². The number of H-pyrrole nitrogens is 1. The van der Waals surface area contributed by atoms with Crippen LogP contribution in [0, 0.1) is 11.3 Å². The molecule has 0 amide bonds. The minimum Gasteiger partial charge on any atom is -0.341 e. The normalized spacial score (nSPS) is 11.6. The van der Waals surface area contributed by atoms with Crippen LogP contribution < -0.4 is 4.72 Å². The summed E-state index contributed by atoms with van der Waals surface area (Å²) in [5.74, 6) is 0.539. The zero-order valence-corrected chi connectivity index (χ0v) is 12.3. The van der Waals surface area contributed by atoms with Crippen molar-refractivity contribution in [3.8, 4) is 6.07 Å². The number of rotatable bonds is 4. The predicted octanol–water partition coefficient (Wildman–Crippen LogP) is 1.97. The van der Waals surface area contributed by atoms with Crippen LogP contribution in [0.5, 0.6) is 0 Å². The molecular weight excluding hydrogens is 308 g/mol. The molecule has 2 heterocycles. The highest BCUT2D eigenvalue weighted by Crippen LogP contribution is 2.20. The molecule has 0 saturated carbocycles. The van der Waals surface area contributed by atoms with Gasteiger partial charge in [0.05, 0.1) is 17.6 Å². The molecule has 3 rings (SSSR count). The van der Waals surface area contributed by atoms with Crippen LogP contribution in [0.3, 0.4) is 0 Å². The molecule has 1 aromatic carbocycles. The van der Waals surface area contributed by atoms with E-state index in [1.54, 1.807) is 0 Å². The van der Waals surface area contributed by atoms with Crippen LogP contribution in [0.25, 0.3) is 11.0 Å². The molecule has 0 radical (unpaired) electrons.